The highest BCUT2D eigenvalue weighted by Crippen LogP contribution is 2.39. The molecule has 0 spiro atoms. The van der Waals surface area contributed by atoms with Crippen molar-refractivity contribution in [2.75, 3.05) is 7.05 Å². The van der Waals surface area contributed by atoms with Crippen LogP contribution in [0, 0.1) is 12.7 Å². The summed E-state index contributed by atoms with van der Waals surface area (Å²) < 4.78 is 38.9. The zero-order chi connectivity index (χ0) is 19.6. The second-order valence-electron chi connectivity index (χ2n) is 6.38. The molecule has 0 unspecified atom stereocenters. The number of nitrogens with one attached hydrogen (secondary N) is 1. The van der Waals surface area contributed by atoms with Crippen molar-refractivity contribution in [3.05, 3.63) is 77.6 Å². The number of aryl methyl sites for hydroxylation is 1. The van der Waals surface area contributed by atoms with Crippen LogP contribution in [0.4, 0.5) is 4.39 Å². The second kappa shape index (κ2) is 7.60. The number of primary sulfonamides is 1. The summed E-state index contributed by atoms with van der Waals surface area (Å²) in [6.07, 6.45) is 0. The third-order valence-corrected chi connectivity index (χ3v) is 5.39. The van der Waals surface area contributed by atoms with Crippen molar-refractivity contribution in [2.24, 2.45) is 5.14 Å². The van der Waals surface area contributed by atoms with Gasteiger partial charge in [0.05, 0.1) is 4.90 Å². The molecule has 0 aromatic heterocycles. The molecule has 3 rings (SSSR count). The molecule has 0 atom stereocenters. The maximum absolute atomic E-state index is 14.5. The summed E-state index contributed by atoms with van der Waals surface area (Å²) in [7, 11) is -2.12. The van der Waals surface area contributed by atoms with Gasteiger partial charge in [-0.05, 0) is 54.4 Å². The Labute approximate surface area is 158 Å². The molecule has 27 heavy (non-hydrogen) atoms. The summed E-state index contributed by atoms with van der Waals surface area (Å²) in [6.45, 7) is 2.42. The molecule has 140 valence electrons. The van der Waals surface area contributed by atoms with E-state index in [1.807, 2.05) is 38.2 Å². The zero-order valence-electron chi connectivity index (χ0n) is 15.2. The Kier molecular flexibility index (Phi) is 5.41. The lowest BCUT2D eigenvalue weighted by Gasteiger charge is -2.17. The minimum absolute atomic E-state index is 0.0293. The maximum Gasteiger partial charge on any atom is 0.238 e. The van der Waals surface area contributed by atoms with E-state index in [4.69, 9.17) is 5.14 Å². The van der Waals surface area contributed by atoms with Crippen molar-refractivity contribution in [1.82, 2.24) is 5.32 Å². The van der Waals surface area contributed by atoms with E-state index in [1.54, 1.807) is 24.3 Å². The molecule has 0 radical (unpaired) electrons. The van der Waals surface area contributed by atoms with Gasteiger partial charge in [-0.25, -0.2) is 17.9 Å². The van der Waals surface area contributed by atoms with E-state index >= 15 is 0 Å². The van der Waals surface area contributed by atoms with Gasteiger partial charge in [0.25, 0.3) is 0 Å². The molecule has 0 aliphatic carbocycles. The highest BCUT2D eigenvalue weighted by molar-refractivity contribution is 7.89. The molecular formula is C21H21FN2O2S. The number of rotatable bonds is 5. The SMILES string of the molecule is CNCc1ccc(-c2ccccc2F)c(-c2c(C)cccc2S(N)(=O)=O)c1. The number of benzene rings is 3. The Balaban J connectivity index is 2.39. The van der Waals surface area contributed by atoms with Crippen LogP contribution in [0.25, 0.3) is 22.3 Å². The molecule has 6 heteroatoms. The fourth-order valence-electron chi connectivity index (χ4n) is 3.25. The molecule has 0 saturated carbocycles. The second-order valence-corrected chi connectivity index (χ2v) is 7.91. The van der Waals surface area contributed by atoms with Crippen molar-refractivity contribution < 1.29 is 12.8 Å². The largest absolute Gasteiger partial charge is 0.316 e. The minimum atomic E-state index is -3.95. The molecule has 0 fully saturated rings. The maximum atomic E-state index is 14.5. The lowest BCUT2D eigenvalue weighted by Crippen LogP contribution is -2.14. The van der Waals surface area contributed by atoms with Crippen LogP contribution in [-0.2, 0) is 16.6 Å². The highest BCUT2D eigenvalue weighted by Gasteiger charge is 2.21. The summed E-state index contributed by atoms with van der Waals surface area (Å²) in [6, 6.07) is 17.0. The van der Waals surface area contributed by atoms with Gasteiger partial charge in [-0.15, -0.1) is 0 Å². The quantitative estimate of drug-likeness (QED) is 0.702. The predicted octanol–water partition coefficient (Wildman–Crippen LogP) is 3.83. The van der Waals surface area contributed by atoms with Crippen LogP contribution in [0.5, 0.6) is 0 Å². The zero-order valence-corrected chi connectivity index (χ0v) is 16.0. The Morgan fingerprint density at radius 2 is 1.70 bits per heavy atom. The van der Waals surface area contributed by atoms with E-state index < -0.39 is 10.0 Å². The van der Waals surface area contributed by atoms with Crippen LogP contribution in [-0.4, -0.2) is 15.5 Å². The molecule has 0 aliphatic heterocycles. The van der Waals surface area contributed by atoms with Crippen molar-refractivity contribution in [3.8, 4) is 22.3 Å². The third-order valence-electron chi connectivity index (χ3n) is 4.44. The Morgan fingerprint density at radius 1 is 0.963 bits per heavy atom. The summed E-state index contributed by atoms with van der Waals surface area (Å²) in [5, 5.41) is 8.54. The van der Waals surface area contributed by atoms with Gasteiger partial charge in [0.2, 0.25) is 10.0 Å². The number of sulfonamides is 1. The Hall–Kier alpha value is -2.54. The first kappa shape index (κ1) is 19.2. The smallest absolute Gasteiger partial charge is 0.238 e. The van der Waals surface area contributed by atoms with Gasteiger partial charge in [0.1, 0.15) is 5.82 Å². The fraction of sp³-hybridized carbons (Fsp3) is 0.143. The van der Waals surface area contributed by atoms with Crippen LogP contribution in [0.1, 0.15) is 11.1 Å². The predicted molar refractivity (Wildman–Crippen MR) is 106 cm³/mol. The summed E-state index contributed by atoms with van der Waals surface area (Å²) >= 11 is 0. The van der Waals surface area contributed by atoms with Crippen LogP contribution >= 0.6 is 0 Å². The van der Waals surface area contributed by atoms with E-state index in [2.05, 4.69) is 5.32 Å². The normalized spacial score (nSPS) is 11.6. The van der Waals surface area contributed by atoms with E-state index in [1.165, 1.54) is 12.1 Å². The topological polar surface area (TPSA) is 72.2 Å². The lowest BCUT2D eigenvalue weighted by molar-refractivity contribution is 0.598. The van der Waals surface area contributed by atoms with Gasteiger partial charge in [0, 0.05) is 17.7 Å². The standard InChI is InChI=1S/C21H21FN2O2S/c1-14-6-5-9-20(27(23,25)26)21(14)18-12-15(13-24-2)10-11-16(18)17-7-3-4-8-19(17)22/h3-12,24H,13H2,1-2H3,(H2,23,25,26). The molecule has 0 saturated heterocycles. The number of nitrogens with two attached hydrogens (primary N) is 1. The number of hydrogen-bond acceptors (Lipinski definition) is 3. The van der Waals surface area contributed by atoms with Gasteiger partial charge in [-0.2, -0.15) is 0 Å². The van der Waals surface area contributed by atoms with E-state index in [9.17, 15) is 12.8 Å². The lowest BCUT2D eigenvalue weighted by atomic mass is 9.90. The minimum Gasteiger partial charge on any atom is -0.316 e. The van der Waals surface area contributed by atoms with Crippen LogP contribution < -0.4 is 10.5 Å². The van der Waals surface area contributed by atoms with E-state index in [0.717, 1.165) is 11.1 Å². The van der Waals surface area contributed by atoms with Gasteiger partial charge >= 0.3 is 0 Å². The molecule has 0 heterocycles. The Morgan fingerprint density at radius 3 is 2.37 bits per heavy atom. The van der Waals surface area contributed by atoms with E-state index in [-0.39, 0.29) is 10.7 Å². The third kappa shape index (κ3) is 3.93. The first-order valence-electron chi connectivity index (χ1n) is 8.48. The molecular weight excluding hydrogens is 363 g/mol. The van der Waals surface area contributed by atoms with Gasteiger partial charge in [0.15, 0.2) is 0 Å². The average molecular weight is 384 g/mol. The van der Waals surface area contributed by atoms with Crippen LogP contribution in [0.15, 0.2) is 65.6 Å². The van der Waals surface area contributed by atoms with Gasteiger partial charge in [-0.1, -0.05) is 42.5 Å². The highest BCUT2D eigenvalue weighted by atomic mass is 32.2. The molecule has 0 aliphatic rings. The summed E-state index contributed by atoms with van der Waals surface area (Å²) in [4.78, 5) is 0.0293. The van der Waals surface area contributed by atoms with Crippen LogP contribution in [0.3, 0.4) is 0 Å². The van der Waals surface area contributed by atoms with Crippen molar-refractivity contribution in [2.45, 2.75) is 18.4 Å². The summed E-state index contributed by atoms with van der Waals surface area (Å²) in [5.41, 5.74) is 3.86. The average Bonchev–Trinajstić information content (AvgIpc) is 2.62. The van der Waals surface area contributed by atoms with Gasteiger partial charge < -0.3 is 5.32 Å². The number of halogens is 1. The molecule has 3 aromatic rings. The number of hydrogen-bond donors (Lipinski definition) is 2. The molecule has 0 bridgehead atoms. The summed E-state index contributed by atoms with van der Waals surface area (Å²) in [5.74, 6) is -0.370. The monoisotopic (exact) mass is 384 g/mol. The first-order chi connectivity index (χ1) is 12.8. The van der Waals surface area contributed by atoms with Crippen molar-refractivity contribution in [1.29, 1.82) is 0 Å². The van der Waals surface area contributed by atoms with Crippen LogP contribution in [0.2, 0.25) is 0 Å². The van der Waals surface area contributed by atoms with Gasteiger partial charge in [-0.3, -0.25) is 0 Å². The molecule has 0 amide bonds. The Bertz CT molecular complexity index is 1100. The molecule has 4 nitrogen and oxygen atoms in total. The fourth-order valence-corrected chi connectivity index (χ4v) is 4.07. The van der Waals surface area contributed by atoms with Crippen molar-refractivity contribution in [3.63, 3.8) is 0 Å². The first-order valence-corrected chi connectivity index (χ1v) is 10.0. The molecule has 3 aromatic carbocycles. The van der Waals surface area contributed by atoms with Crippen molar-refractivity contribution >= 4 is 10.0 Å². The van der Waals surface area contributed by atoms with E-state index in [0.29, 0.717) is 28.8 Å². The molecule has 3 N–H and O–H groups in total.